The van der Waals surface area contributed by atoms with Crippen LogP contribution >= 0.6 is 0 Å². The SMILES string of the molecule is CC(C)(C)C1CCN(C(=O)C2CCS(=O)(=O)CC2)CCO1. The normalized spacial score (nSPS) is 28.1. The van der Waals surface area contributed by atoms with E-state index in [9.17, 15) is 13.2 Å². The summed E-state index contributed by atoms with van der Waals surface area (Å²) in [7, 11) is -2.91. The van der Waals surface area contributed by atoms with Crippen molar-refractivity contribution in [2.45, 2.75) is 46.1 Å². The molecule has 1 amide bonds. The minimum Gasteiger partial charge on any atom is -0.376 e. The lowest BCUT2D eigenvalue weighted by molar-refractivity contribution is -0.135. The maximum Gasteiger partial charge on any atom is 0.225 e. The van der Waals surface area contributed by atoms with Crippen LogP contribution < -0.4 is 0 Å². The Bertz CT molecular complexity index is 466. The third kappa shape index (κ3) is 4.42. The van der Waals surface area contributed by atoms with Crippen LogP contribution in [-0.2, 0) is 19.4 Å². The molecule has 0 aromatic heterocycles. The predicted octanol–water partition coefficient (Wildman–Crippen LogP) is 1.47. The molecule has 0 spiro atoms. The molecule has 0 aliphatic carbocycles. The molecule has 2 rings (SSSR count). The fraction of sp³-hybridized carbons (Fsp3) is 0.933. The Kier molecular flexibility index (Phi) is 4.98. The summed E-state index contributed by atoms with van der Waals surface area (Å²) < 4.78 is 28.8. The molecule has 0 aromatic carbocycles. The van der Waals surface area contributed by atoms with E-state index < -0.39 is 9.84 Å². The molecule has 0 saturated carbocycles. The zero-order valence-corrected chi connectivity index (χ0v) is 14.1. The highest BCUT2D eigenvalue weighted by Gasteiger charge is 2.34. The summed E-state index contributed by atoms with van der Waals surface area (Å²) in [5.74, 6) is 0.291. The topological polar surface area (TPSA) is 63.7 Å². The number of carbonyl (C=O) groups is 1. The summed E-state index contributed by atoms with van der Waals surface area (Å²) in [5.41, 5.74) is 0.0813. The van der Waals surface area contributed by atoms with Gasteiger partial charge in [0, 0.05) is 19.0 Å². The molecule has 6 heteroatoms. The van der Waals surface area contributed by atoms with Gasteiger partial charge in [-0.25, -0.2) is 8.42 Å². The summed E-state index contributed by atoms with van der Waals surface area (Å²) in [6, 6.07) is 0. The van der Waals surface area contributed by atoms with Crippen LogP contribution in [-0.4, -0.2) is 56.5 Å². The van der Waals surface area contributed by atoms with E-state index in [2.05, 4.69) is 20.8 Å². The van der Waals surface area contributed by atoms with Gasteiger partial charge in [-0.2, -0.15) is 0 Å². The van der Waals surface area contributed by atoms with Crippen molar-refractivity contribution < 1.29 is 17.9 Å². The predicted molar refractivity (Wildman–Crippen MR) is 81.8 cm³/mol. The summed E-state index contributed by atoms with van der Waals surface area (Å²) in [6.07, 6.45) is 1.96. The lowest BCUT2D eigenvalue weighted by Crippen LogP contribution is -2.41. The molecule has 0 radical (unpaired) electrons. The number of nitrogens with zero attached hydrogens (tertiary/aromatic N) is 1. The Labute approximate surface area is 127 Å². The van der Waals surface area contributed by atoms with Gasteiger partial charge in [0.25, 0.3) is 0 Å². The van der Waals surface area contributed by atoms with Crippen LogP contribution in [0.4, 0.5) is 0 Å². The Morgan fingerprint density at radius 1 is 1.10 bits per heavy atom. The Hall–Kier alpha value is -0.620. The Morgan fingerprint density at radius 3 is 2.29 bits per heavy atom. The first-order valence-electron chi connectivity index (χ1n) is 7.80. The maximum atomic E-state index is 12.5. The van der Waals surface area contributed by atoms with Gasteiger partial charge < -0.3 is 9.64 Å². The molecule has 5 nitrogen and oxygen atoms in total. The molecule has 21 heavy (non-hydrogen) atoms. The summed E-state index contributed by atoms with van der Waals surface area (Å²) in [5, 5.41) is 0. The van der Waals surface area contributed by atoms with E-state index in [1.54, 1.807) is 0 Å². The molecular weight excluding hydrogens is 290 g/mol. The molecule has 1 unspecified atom stereocenters. The second-order valence-electron chi connectivity index (χ2n) is 7.27. The number of rotatable bonds is 1. The second-order valence-corrected chi connectivity index (χ2v) is 9.57. The van der Waals surface area contributed by atoms with E-state index >= 15 is 0 Å². The average molecular weight is 317 g/mol. The van der Waals surface area contributed by atoms with Crippen LogP contribution in [0.15, 0.2) is 0 Å². The average Bonchev–Trinajstić information content (AvgIpc) is 2.63. The number of ether oxygens (including phenoxy) is 1. The number of amides is 1. The maximum absolute atomic E-state index is 12.5. The van der Waals surface area contributed by atoms with E-state index in [-0.39, 0.29) is 34.8 Å². The van der Waals surface area contributed by atoms with Crippen molar-refractivity contribution >= 4 is 15.7 Å². The number of hydrogen-bond donors (Lipinski definition) is 0. The lowest BCUT2D eigenvalue weighted by atomic mass is 9.87. The molecule has 122 valence electrons. The minimum atomic E-state index is -2.91. The highest BCUT2D eigenvalue weighted by Crippen LogP contribution is 2.28. The van der Waals surface area contributed by atoms with E-state index in [0.717, 1.165) is 6.42 Å². The largest absolute Gasteiger partial charge is 0.376 e. The molecule has 2 fully saturated rings. The van der Waals surface area contributed by atoms with Crippen molar-refractivity contribution in [3.05, 3.63) is 0 Å². The van der Waals surface area contributed by atoms with Gasteiger partial charge in [0.15, 0.2) is 0 Å². The number of carbonyl (C=O) groups excluding carboxylic acids is 1. The fourth-order valence-corrected chi connectivity index (χ4v) is 4.56. The second kappa shape index (κ2) is 6.24. The van der Waals surface area contributed by atoms with Crippen LogP contribution in [0, 0.1) is 11.3 Å². The quantitative estimate of drug-likeness (QED) is 0.735. The zero-order valence-electron chi connectivity index (χ0n) is 13.3. The third-order valence-corrected chi connectivity index (χ3v) is 6.24. The van der Waals surface area contributed by atoms with E-state index in [4.69, 9.17) is 4.74 Å². The van der Waals surface area contributed by atoms with Gasteiger partial charge in [-0.1, -0.05) is 20.8 Å². The molecule has 2 heterocycles. The van der Waals surface area contributed by atoms with Crippen molar-refractivity contribution in [2.75, 3.05) is 31.2 Å². The highest BCUT2D eigenvalue weighted by molar-refractivity contribution is 7.91. The summed E-state index contributed by atoms with van der Waals surface area (Å²) in [6.45, 7) is 8.36. The number of sulfone groups is 1. The third-order valence-electron chi connectivity index (χ3n) is 4.52. The highest BCUT2D eigenvalue weighted by atomic mass is 32.2. The molecule has 2 aliphatic heterocycles. The van der Waals surface area contributed by atoms with Crippen molar-refractivity contribution in [1.29, 1.82) is 0 Å². The lowest BCUT2D eigenvalue weighted by Gasteiger charge is -2.30. The molecule has 0 aromatic rings. The molecule has 1 atom stereocenters. The van der Waals surface area contributed by atoms with Crippen LogP contribution in [0.3, 0.4) is 0 Å². The van der Waals surface area contributed by atoms with Crippen molar-refractivity contribution in [1.82, 2.24) is 4.90 Å². The Balaban J connectivity index is 1.92. The van der Waals surface area contributed by atoms with Gasteiger partial charge in [0.2, 0.25) is 5.91 Å². The van der Waals surface area contributed by atoms with Gasteiger partial charge in [-0.15, -0.1) is 0 Å². The zero-order chi connectivity index (χ0) is 15.7. The van der Waals surface area contributed by atoms with Gasteiger partial charge in [-0.3, -0.25) is 4.79 Å². The standard InChI is InChI=1S/C15H27NO4S/c1-15(2,3)13-4-7-16(8-9-20-13)14(17)12-5-10-21(18,19)11-6-12/h12-13H,4-11H2,1-3H3. The minimum absolute atomic E-state index is 0.0813. The van der Waals surface area contributed by atoms with Crippen LogP contribution in [0.1, 0.15) is 40.0 Å². The molecule has 2 aliphatic rings. The molecular formula is C15H27NO4S. The van der Waals surface area contributed by atoms with Gasteiger partial charge >= 0.3 is 0 Å². The van der Waals surface area contributed by atoms with E-state index in [1.807, 2.05) is 4.90 Å². The first-order chi connectivity index (χ1) is 9.69. The van der Waals surface area contributed by atoms with Crippen LogP contribution in [0.25, 0.3) is 0 Å². The summed E-state index contributed by atoms with van der Waals surface area (Å²) in [4.78, 5) is 14.4. The Morgan fingerprint density at radius 2 is 1.71 bits per heavy atom. The fourth-order valence-electron chi connectivity index (χ4n) is 3.07. The van der Waals surface area contributed by atoms with Crippen LogP contribution in [0.2, 0.25) is 0 Å². The van der Waals surface area contributed by atoms with Crippen LogP contribution in [0.5, 0.6) is 0 Å². The van der Waals surface area contributed by atoms with Gasteiger partial charge in [0.1, 0.15) is 9.84 Å². The number of hydrogen-bond acceptors (Lipinski definition) is 4. The van der Waals surface area contributed by atoms with E-state index in [1.165, 1.54) is 0 Å². The van der Waals surface area contributed by atoms with Crippen molar-refractivity contribution in [2.24, 2.45) is 11.3 Å². The molecule has 0 N–H and O–H groups in total. The van der Waals surface area contributed by atoms with Crippen molar-refractivity contribution in [3.8, 4) is 0 Å². The molecule has 0 bridgehead atoms. The molecule has 2 saturated heterocycles. The van der Waals surface area contributed by atoms with Gasteiger partial charge in [-0.05, 0) is 24.7 Å². The first kappa shape index (κ1) is 16.7. The monoisotopic (exact) mass is 317 g/mol. The van der Waals surface area contributed by atoms with E-state index in [0.29, 0.717) is 32.5 Å². The summed E-state index contributed by atoms with van der Waals surface area (Å²) >= 11 is 0. The van der Waals surface area contributed by atoms with Crippen molar-refractivity contribution in [3.63, 3.8) is 0 Å². The first-order valence-corrected chi connectivity index (χ1v) is 9.62. The van der Waals surface area contributed by atoms with Gasteiger partial charge in [0.05, 0.1) is 24.2 Å². The smallest absolute Gasteiger partial charge is 0.225 e.